The average molecular weight is 335 g/mol. The van der Waals surface area contributed by atoms with Crippen LogP contribution in [0.25, 0.3) is 16.9 Å². The van der Waals surface area contributed by atoms with E-state index in [0.29, 0.717) is 21.5 Å². The van der Waals surface area contributed by atoms with E-state index in [1.807, 2.05) is 0 Å². The molecule has 4 nitrogen and oxygen atoms in total. The summed E-state index contributed by atoms with van der Waals surface area (Å²) in [4.78, 5) is 15.2. The zero-order valence-electron chi connectivity index (χ0n) is 10.0. The van der Waals surface area contributed by atoms with E-state index in [1.165, 1.54) is 18.2 Å². The van der Waals surface area contributed by atoms with E-state index in [2.05, 4.69) is 20.9 Å². The van der Waals surface area contributed by atoms with Crippen molar-refractivity contribution in [1.82, 2.24) is 9.38 Å². The van der Waals surface area contributed by atoms with E-state index in [9.17, 15) is 9.18 Å². The first kappa shape index (κ1) is 12.8. The lowest BCUT2D eigenvalue weighted by Gasteiger charge is -2.03. The molecular formula is C14H8BrFN2O2. The molecule has 0 bridgehead atoms. The summed E-state index contributed by atoms with van der Waals surface area (Å²) in [5, 5.41) is 9.00. The number of fused-ring (bicyclic) bond motifs is 1. The number of rotatable bonds is 2. The van der Waals surface area contributed by atoms with Crippen LogP contribution in [0.1, 0.15) is 10.4 Å². The van der Waals surface area contributed by atoms with E-state index in [0.717, 1.165) is 0 Å². The Morgan fingerprint density at radius 1 is 1.30 bits per heavy atom. The summed E-state index contributed by atoms with van der Waals surface area (Å²) >= 11 is 3.28. The van der Waals surface area contributed by atoms with Crippen LogP contribution in [0.3, 0.4) is 0 Å². The Bertz CT molecular complexity index is 829. The number of pyridine rings is 1. The van der Waals surface area contributed by atoms with Gasteiger partial charge in [0, 0.05) is 6.20 Å². The summed E-state index contributed by atoms with van der Waals surface area (Å²) in [6.07, 6.45) is 1.57. The molecule has 0 saturated heterocycles. The molecule has 2 heterocycles. The Hall–Kier alpha value is -2.21. The first-order chi connectivity index (χ1) is 9.58. The molecule has 1 N–H and O–H groups in total. The van der Waals surface area contributed by atoms with E-state index < -0.39 is 5.97 Å². The highest BCUT2D eigenvalue weighted by Gasteiger charge is 2.15. The van der Waals surface area contributed by atoms with Gasteiger partial charge in [0.2, 0.25) is 0 Å². The minimum Gasteiger partial charge on any atom is -0.478 e. The Labute approximate surface area is 121 Å². The van der Waals surface area contributed by atoms with Crippen LogP contribution in [-0.4, -0.2) is 20.5 Å². The van der Waals surface area contributed by atoms with Gasteiger partial charge in [-0.2, -0.15) is 0 Å². The van der Waals surface area contributed by atoms with Gasteiger partial charge in [0.15, 0.2) is 0 Å². The second-order valence-electron chi connectivity index (χ2n) is 4.18. The van der Waals surface area contributed by atoms with Crippen molar-refractivity contribution < 1.29 is 14.3 Å². The van der Waals surface area contributed by atoms with Crippen LogP contribution in [0.15, 0.2) is 47.2 Å². The van der Waals surface area contributed by atoms with Crippen LogP contribution in [0.4, 0.5) is 4.39 Å². The smallest absolute Gasteiger partial charge is 0.335 e. The SMILES string of the molecule is O=C(O)c1ccn2c(-c3ccccc3F)nc(Br)c2c1. The van der Waals surface area contributed by atoms with Gasteiger partial charge in [-0.05, 0) is 40.2 Å². The molecule has 0 aliphatic carbocycles. The first-order valence-electron chi connectivity index (χ1n) is 5.74. The molecule has 0 unspecified atom stereocenters. The molecule has 0 spiro atoms. The quantitative estimate of drug-likeness (QED) is 0.779. The molecule has 6 heteroatoms. The third-order valence-electron chi connectivity index (χ3n) is 2.96. The van der Waals surface area contributed by atoms with Gasteiger partial charge >= 0.3 is 5.97 Å². The molecular weight excluding hydrogens is 327 g/mol. The number of aromatic nitrogens is 2. The number of carbonyl (C=O) groups is 1. The maximum atomic E-state index is 13.9. The van der Waals surface area contributed by atoms with Crippen molar-refractivity contribution >= 4 is 27.4 Å². The number of hydrogen-bond acceptors (Lipinski definition) is 2. The number of nitrogens with zero attached hydrogens (tertiary/aromatic N) is 2. The van der Waals surface area contributed by atoms with Crippen molar-refractivity contribution in [3.63, 3.8) is 0 Å². The normalized spacial score (nSPS) is 10.9. The van der Waals surface area contributed by atoms with Gasteiger partial charge in [-0.1, -0.05) is 12.1 Å². The fraction of sp³-hybridized carbons (Fsp3) is 0. The fourth-order valence-corrected chi connectivity index (χ4v) is 2.49. The zero-order chi connectivity index (χ0) is 14.3. The lowest BCUT2D eigenvalue weighted by molar-refractivity contribution is 0.0697. The fourth-order valence-electron chi connectivity index (χ4n) is 2.01. The largest absolute Gasteiger partial charge is 0.478 e. The predicted octanol–water partition coefficient (Wildman–Crippen LogP) is 3.60. The molecule has 0 saturated carbocycles. The molecule has 0 aliphatic heterocycles. The third kappa shape index (κ3) is 1.98. The van der Waals surface area contributed by atoms with E-state index >= 15 is 0 Å². The van der Waals surface area contributed by atoms with Crippen LogP contribution < -0.4 is 0 Å². The van der Waals surface area contributed by atoms with Gasteiger partial charge in [-0.25, -0.2) is 14.2 Å². The molecule has 0 radical (unpaired) electrons. The molecule has 3 aromatic rings. The van der Waals surface area contributed by atoms with Gasteiger partial charge in [-0.3, -0.25) is 4.40 Å². The molecule has 0 aliphatic rings. The highest BCUT2D eigenvalue weighted by molar-refractivity contribution is 9.10. The Kier molecular flexibility index (Phi) is 3.02. The molecule has 100 valence electrons. The predicted molar refractivity (Wildman–Crippen MR) is 75.2 cm³/mol. The van der Waals surface area contributed by atoms with Gasteiger partial charge in [0.1, 0.15) is 16.2 Å². The number of carboxylic acid groups (broad SMARTS) is 1. The van der Waals surface area contributed by atoms with Crippen molar-refractivity contribution in [2.75, 3.05) is 0 Å². The minimum atomic E-state index is -1.02. The maximum Gasteiger partial charge on any atom is 0.335 e. The van der Waals surface area contributed by atoms with Gasteiger partial charge in [0.05, 0.1) is 16.6 Å². The Morgan fingerprint density at radius 2 is 2.05 bits per heavy atom. The second kappa shape index (κ2) is 4.72. The van der Waals surface area contributed by atoms with Gasteiger partial charge in [0.25, 0.3) is 0 Å². The number of benzene rings is 1. The summed E-state index contributed by atoms with van der Waals surface area (Å²) < 4.78 is 16.0. The number of halogens is 2. The lowest BCUT2D eigenvalue weighted by Crippen LogP contribution is -1.98. The standard InChI is InChI=1S/C14H8BrFN2O2/c15-12-11-7-8(14(19)20)5-6-18(11)13(17-12)9-3-1-2-4-10(9)16/h1-7H,(H,19,20). The van der Waals surface area contributed by atoms with Crippen LogP contribution in [0.2, 0.25) is 0 Å². The summed E-state index contributed by atoms with van der Waals surface area (Å²) in [7, 11) is 0. The Morgan fingerprint density at radius 3 is 2.75 bits per heavy atom. The number of hydrogen-bond donors (Lipinski definition) is 1. The average Bonchev–Trinajstić information content (AvgIpc) is 2.76. The first-order valence-corrected chi connectivity index (χ1v) is 6.53. The van der Waals surface area contributed by atoms with Gasteiger partial charge in [-0.15, -0.1) is 0 Å². The van der Waals surface area contributed by atoms with Crippen LogP contribution in [-0.2, 0) is 0 Å². The summed E-state index contributed by atoms with van der Waals surface area (Å²) in [5.41, 5.74) is 1.08. The molecule has 0 atom stereocenters. The summed E-state index contributed by atoms with van der Waals surface area (Å²) in [6.45, 7) is 0. The highest BCUT2D eigenvalue weighted by Crippen LogP contribution is 2.28. The van der Waals surface area contributed by atoms with Gasteiger partial charge < -0.3 is 5.11 Å². The zero-order valence-corrected chi connectivity index (χ0v) is 11.6. The number of aromatic carboxylic acids is 1. The molecule has 1 aromatic carbocycles. The lowest BCUT2D eigenvalue weighted by atomic mass is 10.2. The molecule has 0 amide bonds. The van der Waals surface area contributed by atoms with E-state index in [1.54, 1.807) is 28.8 Å². The molecule has 3 rings (SSSR count). The van der Waals surface area contributed by atoms with E-state index in [-0.39, 0.29) is 11.4 Å². The van der Waals surface area contributed by atoms with Crippen molar-refractivity contribution in [3.05, 3.63) is 58.6 Å². The van der Waals surface area contributed by atoms with Crippen molar-refractivity contribution in [3.8, 4) is 11.4 Å². The summed E-state index contributed by atoms with van der Waals surface area (Å²) in [5.74, 6) is -0.982. The molecule has 0 fully saturated rings. The Balaban J connectivity index is 2.29. The highest BCUT2D eigenvalue weighted by atomic mass is 79.9. The topological polar surface area (TPSA) is 54.6 Å². The van der Waals surface area contributed by atoms with Crippen LogP contribution >= 0.6 is 15.9 Å². The molecule has 20 heavy (non-hydrogen) atoms. The van der Waals surface area contributed by atoms with E-state index in [4.69, 9.17) is 5.11 Å². The third-order valence-corrected chi connectivity index (χ3v) is 3.54. The van der Waals surface area contributed by atoms with Crippen molar-refractivity contribution in [1.29, 1.82) is 0 Å². The number of imidazole rings is 1. The summed E-state index contributed by atoms with van der Waals surface area (Å²) in [6, 6.07) is 9.25. The second-order valence-corrected chi connectivity index (χ2v) is 4.93. The maximum absolute atomic E-state index is 13.9. The minimum absolute atomic E-state index is 0.151. The van der Waals surface area contributed by atoms with Crippen molar-refractivity contribution in [2.24, 2.45) is 0 Å². The van der Waals surface area contributed by atoms with Crippen LogP contribution in [0, 0.1) is 5.82 Å². The van der Waals surface area contributed by atoms with Crippen LogP contribution in [0.5, 0.6) is 0 Å². The number of carboxylic acids is 1. The monoisotopic (exact) mass is 334 g/mol. The molecule has 2 aromatic heterocycles. The van der Waals surface area contributed by atoms with Crippen molar-refractivity contribution in [2.45, 2.75) is 0 Å².